The summed E-state index contributed by atoms with van der Waals surface area (Å²) in [5, 5.41) is 2.77. The highest BCUT2D eigenvalue weighted by atomic mass is 16.5. The van der Waals surface area contributed by atoms with Crippen LogP contribution in [0.25, 0.3) is 11.0 Å². The van der Waals surface area contributed by atoms with E-state index >= 15 is 0 Å². The minimum atomic E-state index is -0.250. The summed E-state index contributed by atoms with van der Waals surface area (Å²) in [5.74, 6) is 0. The molecule has 102 valence electrons. The van der Waals surface area contributed by atoms with E-state index in [1.807, 2.05) is 31.2 Å². The standard InChI is InChI=1S/C13H18N4O2/c1-2-19-9-5-8-14-13(18)16-17-10-15-11-6-3-4-7-12(11)17/h3-4,6-7,10H,2,5,8-9H2,1H3,(H2,14,16,18). The van der Waals surface area contributed by atoms with Crippen LogP contribution in [-0.2, 0) is 4.74 Å². The lowest BCUT2D eigenvalue weighted by Crippen LogP contribution is -2.34. The van der Waals surface area contributed by atoms with Gasteiger partial charge >= 0.3 is 6.03 Å². The first-order valence-corrected chi connectivity index (χ1v) is 6.36. The van der Waals surface area contributed by atoms with Crippen molar-refractivity contribution in [2.75, 3.05) is 25.2 Å². The summed E-state index contributed by atoms with van der Waals surface area (Å²) < 4.78 is 6.80. The van der Waals surface area contributed by atoms with Crippen molar-refractivity contribution in [3.63, 3.8) is 0 Å². The lowest BCUT2D eigenvalue weighted by atomic mass is 10.3. The zero-order chi connectivity index (χ0) is 13.5. The van der Waals surface area contributed by atoms with E-state index in [-0.39, 0.29) is 6.03 Å². The number of urea groups is 1. The Kier molecular flexibility index (Phi) is 4.74. The number of imidazole rings is 1. The summed E-state index contributed by atoms with van der Waals surface area (Å²) in [6.07, 6.45) is 2.39. The van der Waals surface area contributed by atoms with Gasteiger partial charge in [-0.2, -0.15) is 0 Å². The van der Waals surface area contributed by atoms with Crippen molar-refractivity contribution in [1.29, 1.82) is 0 Å². The number of fused-ring (bicyclic) bond motifs is 1. The van der Waals surface area contributed by atoms with Gasteiger partial charge in [-0.15, -0.1) is 0 Å². The van der Waals surface area contributed by atoms with Crippen LogP contribution in [0.4, 0.5) is 4.79 Å². The van der Waals surface area contributed by atoms with Crippen LogP contribution in [-0.4, -0.2) is 35.4 Å². The number of aromatic nitrogens is 2. The van der Waals surface area contributed by atoms with Crippen LogP contribution in [0.2, 0.25) is 0 Å². The van der Waals surface area contributed by atoms with E-state index in [9.17, 15) is 4.79 Å². The fraction of sp³-hybridized carbons (Fsp3) is 0.385. The number of hydrogen-bond donors (Lipinski definition) is 2. The van der Waals surface area contributed by atoms with Crippen LogP contribution in [0, 0.1) is 0 Å². The molecular weight excluding hydrogens is 244 g/mol. The van der Waals surface area contributed by atoms with Crippen molar-refractivity contribution in [3.05, 3.63) is 30.6 Å². The average Bonchev–Trinajstić information content (AvgIpc) is 2.82. The first kappa shape index (κ1) is 13.4. The molecule has 0 aliphatic heterocycles. The number of benzene rings is 1. The van der Waals surface area contributed by atoms with Crippen molar-refractivity contribution in [3.8, 4) is 0 Å². The van der Waals surface area contributed by atoms with E-state index in [1.54, 1.807) is 11.0 Å². The van der Waals surface area contributed by atoms with Gasteiger partial charge in [0.05, 0.1) is 11.0 Å². The molecule has 1 aromatic carbocycles. The lowest BCUT2D eigenvalue weighted by Gasteiger charge is -2.08. The van der Waals surface area contributed by atoms with E-state index in [4.69, 9.17) is 4.74 Å². The quantitative estimate of drug-likeness (QED) is 0.779. The minimum absolute atomic E-state index is 0.250. The molecule has 0 aliphatic rings. The minimum Gasteiger partial charge on any atom is -0.382 e. The molecular formula is C13H18N4O2. The molecule has 6 heteroatoms. The molecule has 0 bridgehead atoms. The van der Waals surface area contributed by atoms with Gasteiger partial charge in [-0.25, -0.2) is 19.9 Å². The molecule has 0 unspecified atom stereocenters. The monoisotopic (exact) mass is 262 g/mol. The fourth-order valence-electron chi connectivity index (χ4n) is 1.72. The van der Waals surface area contributed by atoms with Crippen molar-refractivity contribution >= 4 is 17.1 Å². The first-order valence-electron chi connectivity index (χ1n) is 6.36. The van der Waals surface area contributed by atoms with Crippen molar-refractivity contribution in [2.45, 2.75) is 13.3 Å². The van der Waals surface area contributed by atoms with Gasteiger partial charge in [0.25, 0.3) is 0 Å². The third-order valence-corrected chi connectivity index (χ3v) is 2.63. The normalized spacial score (nSPS) is 10.6. The van der Waals surface area contributed by atoms with Crippen molar-refractivity contribution in [2.24, 2.45) is 0 Å². The maximum atomic E-state index is 11.7. The third-order valence-electron chi connectivity index (χ3n) is 2.63. The number of carbonyl (C=O) groups is 1. The highest BCUT2D eigenvalue weighted by molar-refractivity contribution is 5.84. The van der Waals surface area contributed by atoms with Crippen LogP contribution in [0.1, 0.15) is 13.3 Å². The molecule has 2 N–H and O–H groups in total. The van der Waals surface area contributed by atoms with Gasteiger partial charge in [0.1, 0.15) is 6.33 Å². The smallest absolute Gasteiger partial charge is 0.333 e. The summed E-state index contributed by atoms with van der Waals surface area (Å²) in [7, 11) is 0. The van der Waals surface area contributed by atoms with Gasteiger partial charge in [-0.05, 0) is 25.5 Å². The van der Waals surface area contributed by atoms with Crippen LogP contribution in [0.15, 0.2) is 30.6 Å². The predicted molar refractivity (Wildman–Crippen MR) is 73.6 cm³/mol. The van der Waals surface area contributed by atoms with Gasteiger partial charge in [0.2, 0.25) is 0 Å². The van der Waals surface area contributed by atoms with Crippen LogP contribution < -0.4 is 10.7 Å². The summed E-state index contributed by atoms with van der Waals surface area (Å²) >= 11 is 0. The van der Waals surface area contributed by atoms with Crippen LogP contribution in [0.5, 0.6) is 0 Å². The van der Waals surface area contributed by atoms with Crippen LogP contribution in [0.3, 0.4) is 0 Å². The summed E-state index contributed by atoms with van der Waals surface area (Å²) in [5.41, 5.74) is 4.43. The first-order chi connectivity index (χ1) is 9.31. The zero-order valence-corrected chi connectivity index (χ0v) is 10.9. The molecule has 1 heterocycles. The Morgan fingerprint density at radius 2 is 2.26 bits per heavy atom. The number of rotatable bonds is 6. The Morgan fingerprint density at radius 1 is 1.42 bits per heavy atom. The topological polar surface area (TPSA) is 68.2 Å². The molecule has 1 aromatic heterocycles. The molecule has 2 aromatic rings. The van der Waals surface area contributed by atoms with Gasteiger partial charge in [0.15, 0.2) is 0 Å². The number of para-hydroxylation sites is 2. The molecule has 0 aliphatic carbocycles. The number of amides is 2. The number of nitrogens with one attached hydrogen (secondary N) is 2. The number of carbonyl (C=O) groups excluding carboxylic acids is 1. The lowest BCUT2D eigenvalue weighted by molar-refractivity contribution is 0.145. The molecule has 2 rings (SSSR count). The number of hydrogen-bond acceptors (Lipinski definition) is 3. The van der Waals surface area contributed by atoms with Crippen molar-refractivity contribution < 1.29 is 9.53 Å². The second-order valence-corrected chi connectivity index (χ2v) is 4.02. The summed E-state index contributed by atoms with van der Waals surface area (Å²) in [6, 6.07) is 7.36. The zero-order valence-electron chi connectivity index (χ0n) is 10.9. The van der Waals surface area contributed by atoms with E-state index in [2.05, 4.69) is 15.7 Å². The van der Waals surface area contributed by atoms with Crippen molar-refractivity contribution in [1.82, 2.24) is 15.0 Å². The molecule has 19 heavy (non-hydrogen) atoms. The van der Waals surface area contributed by atoms with Gasteiger partial charge < -0.3 is 10.1 Å². The molecule has 0 spiro atoms. The Hall–Kier alpha value is -2.08. The average molecular weight is 262 g/mol. The SMILES string of the molecule is CCOCCCNC(=O)Nn1cnc2ccccc21. The van der Waals surface area contributed by atoms with Crippen LogP contribution >= 0.6 is 0 Å². The molecule has 0 fully saturated rings. The predicted octanol–water partition coefficient (Wildman–Crippen LogP) is 1.72. The highest BCUT2D eigenvalue weighted by Gasteiger charge is 2.04. The van der Waals surface area contributed by atoms with Gasteiger partial charge in [-0.1, -0.05) is 12.1 Å². The number of ether oxygens (including phenoxy) is 1. The maximum absolute atomic E-state index is 11.7. The van der Waals surface area contributed by atoms with E-state index in [0.29, 0.717) is 19.8 Å². The molecule has 0 atom stereocenters. The fourth-order valence-corrected chi connectivity index (χ4v) is 1.72. The summed E-state index contributed by atoms with van der Waals surface area (Å²) in [4.78, 5) is 15.9. The Labute approximate surface area is 111 Å². The maximum Gasteiger partial charge on any atom is 0.333 e. The largest absolute Gasteiger partial charge is 0.382 e. The Morgan fingerprint density at radius 3 is 3.11 bits per heavy atom. The summed E-state index contributed by atoms with van der Waals surface area (Å²) in [6.45, 7) is 3.89. The second-order valence-electron chi connectivity index (χ2n) is 4.02. The third kappa shape index (κ3) is 3.69. The molecule has 2 amide bonds. The molecule has 0 radical (unpaired) electrons. The molecule has 0 saturated heterocycles. The Bertz CT molecular complexity index is 538. The van der Waals surface area contributed by atoms with Gasteiger partial charge in [-0.3, -0.25) is 0 Å². The molecule has 0 saturated carbocycles. The second kappa shape index (κ2) is 6.75. The molecule has 6 nitrogen and oxygen atoms in total. The number of nitrogens with zero attached hydrogens (tertiary/aromatic N) is 2. The highest BCUT2D eigenvalue weighted by Crippen LogP contribution is 2.09. The van der Waals surface area contributed by atoms with E-state index < -0.39 is 0 Å². The van der Waals surface area contributed by atoms with Gasteiger partial charge in [0, 0.05) is 19.8 Å². The van der Waals surface area contributed by atoms with E-state index in [0.717, 1.165) is 17.5 Å². The van der Waals surface area contributed by atoms with E-state index in [1.165, 1.54) is 0 Å². The Balaban J connectivity index is 1.82.